The molecule has 0 aliphatic carbocycles. The summed E-state index contributed by atoms with van der Waals surface area (Å²) in [7, 11) is 2.11. The van der Waals surface area contributed by atoms with E-state index in [1.165, 1.54) is 6.42 Å². The van der Waals surface area contributed by atoms with Gasteiger partial charge in [-0.1, -0.05) is 13.3 Å². The van der Waals surface area contributed by atoms with Gasteiger partial charge in [0.15, 0.2) is 0 Å². The van der Waals surface area contributed by atoms with Crippen LogP contribution in [0.5, 0.6) is 0 Å². The Morgan fingerprint density at radius 3 is 2.82 bits per heavy atom. The topological polar surface area (TPSA) is 23.5 Å². The molecule has 0 aromatic carbocycles. The molecule has 11 heavy (non-hydrogen) atoms. The van der Waals surface area contributed by atoms with E-state index in [9.17, 15) is 5.11 Å². The van der Waals surface area contributed by atoms with E-state index in [-0.39, 0.29) is 6.10 Å². The zero-order valence-corrected chi connectivity index (χ0v) is 7.58. The minimum absolute atomic E-state index is 0.0753. The van der Waals surface area contributed by atoms with Crippen molar-refractivity contribution < 1.29 is 5.11 Å². The molecule has 0 aromatic rings. The van der Waals surface area contributed by atoms with E-state index >= 15 is 0 Å². The SMILES string of the molecule is CCCC1C(O)CCCN1C. The molecule has 0 radical (unpaired) electrons. The molecule has 1 rings (SSSR count). The number of nitrogens with zero attached hydrogens (tertiary/aromatic N) is 1. The molecule has 1 N–H and O–H groups in total. The van der Waals surface area contributed by atoms with Crippen molar-refractivity contribution in [2.75, 3.05) is 13.6 Å². The number of rotatable bonds is 2. The van der Waals surface area contributed by atoms with Crippen molar-refractivity contribution in [3.8, 4) is 0 Å². The standard InChI is InChI=1S/C9H19NO/c1-3-5-8-9(11)6-4-7-10(8)2/h8-9,11H,3-7H2,1-2H3. The molecule has 1 aliphatic heterocycles. The number of likely N-dealkylation sites (N-methyl/N-ethyl adjacent to an activating group) is 1. The predicted molar refractivity (Wildman–Crippen MR) is 46.6 cm³/mol. The molecule has 0 amide bonds. The van der Waals surface area contributed by atoms with Gasteiger partial charge in [0.25, 0.3) is 0 Å². The third-order valence-corrected chi connectivity index (χ3v) is 2.61. The Balaban J connectivity index is 2.41. The van der Waals surface area contributed by atoms with Crippen molar-refractivity contribution in [2.45, 2.75) is 44.8 Å². The van der Waals surface area contributed by atoms with Gasteiger partial charge in [-0.25, -0.2) is 0 Å². The van der Waals surface area contributed by atoms with Gasteiger partial charge in [-0.3, -0.25) is 0 Å². The second-order valence-electron chi connectivity index (χ2n) is 3.55. The average molecular weight is 157 g/mol. The third-order valence-electron chi connectivity index (χ3n) is 2.61. The van der Waals surface area contributed by atoms with Crippen LogP contribution < -0.4 is 0 Å². The monoisotopic (exact) mass is 157 g/mol. The zero-order chi connectivity index (χ0) is 8.27. The van der Waals surface area contributed by atoms with E-state index in [0.29, 0.717) is 6.04 Å². The summed E-state index contributed by atoms with van der Waals surface area (Å²) >= 11 is 0. The third kappa shape index (κ3) is 2.17. The molecule has 2 heteroatoms. The molecular formula is C9H19NO. The molecule has 1 fully saturated rings. The molecule has 1 heterocycles. The van der Waals surface area contributed by atoms with E-state index in [2.05, 4.69) is 18.9 Å². The van der Waals surface area contributed by atoms with Crippen LogP contribution in [0.1, 0.15) is 32.6 Å². The fraction of sp³-hybridized carbons (Fsp3) is 1.00. The van der Waals surface area contributed by atoms with E-state index in [4.69, 9.17) is 0 Å². The number of aliphatic hydroxyl groups is 1. The summed E-state index contributed by atoms with van der Waals surface area (Å²) in [6.45, 7) is 3.33. The summed E-state index contributed by atoms with van der Waals surface area (Å²) in [6, 6.07) is 0.425. The summed E-state index contributed by atoms with van der Waals surface area (Å²) in [4.78, 5) is 2.29. The number of likely N-dealkylation sites (tertiary alicyclic amines) is 1. The Hall–Kier alpha value is -0.0800. The molecule has 2 nitrogen and oxygen atoms in total. The second kappa shape index (κ2) is 4.07. The van der Waals surface area contributed by atoms with Gasteiger partial charge < -0.3 is 10.0 Å². The Morgan fingerprint density at radius 1 is 1.55 bits per heavy atom. The first-order chi connectivity index (χ1) is 5.25. The van der Waals surface area contributed by atoms with Gasteiger partial charge in [0, 0.05) is 6.04 Å². The van der Waals surface area contributed by atoms with Gasteiger partial charge in [0.05, 0.1) is 6.10 Å². The Labute approximate surface area is 69.2 Å². The molecule has 0 spiro atoms. The first-order valence-corrected chi connectivity index (χ1v) is 4.64. The second-order valence-corrected chi connectivity index (χ2v) is 3.55. The minimum Gasteiger partial charge on any atom is -0.391 e. The molecule has 0 bridgehead atoms. The quantitative estimate of drug-likeness (QED) is 0.652. The first-order valence-electron chi connectivity index (χ1n) is 4.64. The van der Waals surface area contributed by atoms with Crippen molar-refractivity contribution in [1.82, 2.24) is 4.90 Å². The van der Waals surface area contributed by atoms with Crippen LogP contribution in [0.3, 0.4) is 0 Å². The summed E-state index contributed by atoms with van der Waals surface area (Å²) in [6.07, 6.45) is 4.38. The highest BCUT2D eigenvalue weighted by molar-refractivity contribution is 4.81. The minimum atomic E-state index is -0.0753. The Bertz CT molecular complexity index is 106. The summed E-state index contributed by atoms with van der Waals surface area (Å²) in [5.41, 5.74) is 0. The molecule has 1 aliphatic rings. The van der Waals surface area contributed by atoms with Gasteiger partial charge in [0.1, 0.15) is 0 Å². The van der Waals surface area contributed by atoms with Gasteiger partial charge >= 0.3 is 0 Å². The van der Waals surface area contributed by atoms with E-state index in [1.54, 1.807) is 0 Å². The lowest BCUT2D eigenvalue weighted by atomic mass is 9.96. The van der Waals surface area contributed by atoms with E-state index in [1.807, 2.05) is 0 Å². The smallest absolute Gasteiger partial charge is 0.0695 e. The van der Waals surface area contributed by atoms with Gasteiger partial charge in [-0.15, -0.1) is 0 Å². The van der Waals surface area contributed by atoms with Crippen molar-refractivity contribution >= 4 is 0 Å². The number of aliphatic hydroxyl groups excluding tert-OH is 1. The van der Waals surface area contributed by atoms with Gasteiger partial charge in [-0.2, -0.15) is 0 Å². The molecule has 2 unspecified atom stereocenters. The maximum absolute atomic E-state index is 9.63. The highest BCUT2D eigenvalue weighted by Crippen LogP contribution is 2.19. The number of hydrogen-bond acceptors (Lipinski definition) is 2. The van der Waals surface area contributed by atoms with Crippen LogP contribution in [-0.2, 0) is 0 Å². The fourth-order valence-electron chi connectivity index (χ4n) is 1.91. The maximum atomic E-state index is 9.63. The van der Waals surface area contributed by atoms with E-state index < -0.39 is 0 Å². The Kier molecular flexibility index (Phi) is 3.34. The van der Waals surface area contributed by atoms with E-state index in [0.717, 1.165) is 25.8 Å². The highest BCUT2D eigenvalue weighted by atomic mass is 16.3. The normalized spacial score (nSPS) is 34.1. The molecule has 0 saturated carbocycles. The van der Waals surface area contributed by atoms with Crippen molar-refractivity contribution in [3.05, 3.63) is 0 Å². The summed E-state index contributed by atoms with van der Waals surface area (Å²) < 4.78 is 0. The molecule has 0 aromatic heterocycles. The van der Waals surface area contributed by atoms with Crippen LogP contribution in [0.15, 0.2) is 0 Å². The van der Waals surface area contributed by atoms with Crippen molar-refractivity contribution in [1.29, 1.82) is 0 Å². The van der Waals surface area contributed by atoms with Crippen molar-refractivity contribution in [2.24, 2.45) is 0 Å². The predicted octanol–water partition coefficient (Wildman–Crippen LogP) is 1.24. The zero-order valence-electron chi connectivity index (χ0n) is 7.58. The van der Waals surface area contributed by atoms with Gasteiger partial charge in [0.2, 0.25) is 0 Å². The average Bonchev–Trinajstić information content (AvgIpc) is 1.97. The molecule has 66 valence electrons. The van der Waals surface area contributed by atoms with Crippen LogP contribution in [0, 0.1) is 0 Å². The largest absolute Gasteiger partial charge is 0.391 e. The number of hydrogen-bond donors (Lipinski definition) is 1. The summed E-state index contributed by atoms with van der Waals surface area (Å²) in [5.74, 6) is 0. The lowest BCUT2D eigenvalue weighted by Crippen LogP contribution is -2.45. The van der Waals surface area contributed by atoms with Crippen LogP contribution >= 0.6 is 0 Å². The lowest BCUT2D eigenvalue weighted by Gasteiger charge is -2.36. The lowest BCUT2D eigenvalue weighted by molar-refractivity contribution is 0.0207. The molecular weight excluding hydrogens is 138 g/mol. The van der Waals surface area contributed by atoms with Crippen molar-refractivity contribution in [3.63, 3.8) is 0 Å². The molecule has 2 atom stereocenters. The fourth-order valence-corrected chi connectivity index (χ4v) is 1.91. The first kappa shape index (κ1) is 9.01. The highest BCUT2D eigenvalue weighted by Gasteiger charge is 2.25. The molecule has 1 saturated heterocycles. The van der Waals surface area contributed by atoms with Crippen LogP contribution in [0.4, 0.5) is 0 Å². The maximum Gasteiger partial charge on any atom is 0.0695 e. The van der Waals surface area contributed by atoms with Crippen LogP contribution in [0.2, 0.25) is 0 Å². The van der Waals surface area contributed by atoms with Gasteiger partial charge in [-0.05, 0) is 32.9 Å². The van der Waals surface area contributed by atoms with Crippen LogP contribution in [-0.4, -0.2) is 35.7 Å². The summed E-state index contributed by atoms with van der Waals surface area (Å²) in [5, 5.41) is 9.63. The Morgan fingerprint density at radius 2 is 2.27 bits per heavy atom. The number of piperidine rings is 1. The van der Waals surface area contributed by atoms with Crippen LogP contribution in [0.25, 0.3) is 0 Å².